The van der Waals surface area contributed by atoms with Crippen molar-refractivity contribution in [3.05, 3.63) is 46.5 Å². The van der Waals surface area contributed by atoms with Crippen LogP contribution in [0.25, 0.3) is 12.2 Å². The molecule has 0 fully saturated rings. The predicted octanol–water partition coefficient (Wildman–Crippen LogP) is 3.79. The Kier molecular flexibility index (Phi) is 3.98. The standard InChI is InChI=1S/C17H23N3/c1-6-15-12(2)16(20(5)17(15)13(3)18)10-9-14-8-7-11-19(14)4/h7-11,18H,6H2,1-5H3. The highest BCUT2D eigenvalue weighted by Gasteiger charge is 2.16. The van der Waals surface area contributed by atoms with E-state index in [2.05, 4.69) is 41.2 Å². The number of nitrogens with zero attached hydrogens (tertiary/aromatic N) is 2. The van der Waals surface area contributed by atoms with E-state index in [9.17, 15) is 0 Å². The van der Waals surface area contributed by atoms with Gasteiger partial charge in [0.05, 0.1) is 11.4 Å². The summed E-state index contributed by atoms with van der Waals surface area (Å²) in [5, 5.41) is 7.99. The number of rotatable bonds is 4. The monoisotopic (exact) mass is 269 g/mol. The maximum absolute atomic E-state index is 7.99. The van der Waals surface area contributed by atoms with Gasteiger partial charge in [-0.3, -0.25) is 0 Å². The van der Waals surface area contributed by atoms with Gasteiger partial charge in [0.1, 0.15) is 0 Å². The third kappa shape index (κ3) is 2.36. The molecule has 0 aliphatic rings. The van der Waals surface area contributed by atoms with Crippen LogP contribution >= 0.6 is 0 Å². The van der Waals surface area contributed by atoms with E-state index in [0.29, 0.717) is 5.71 Å². The molecule has 0 radical (unpaired) electrons. The molecule has 2 aromatic rings. The molecular weight excluding hydrogens is 246 g/mol. The summed E-state index contributed by atoms with van der Waals surface area (Å²) in [5.74, 6) is 0. The predicted molar refractivity (Wildman–Crippen MR) is 86.4 cm³/mol. The highest BCUT2D eigenvalue weighted by Crippen LogP contribution is 2.24. The SMILES string of the molecule is CCc1c(C)c(C=Cc2cccn2C)n(C)c1C(C)=N. The molecular formula is C17H23N3. The minimum absolute atomic E-state index is 0.631. The van der Waals surface area contributed by atoms with Crippen molar-refractivity contribution in [3.63, 3.8) is 0 Å². The summed E-state index contributed by atoms with van der Waals surface area (Å²) in [5.41, 5.74) is 6.61. The Labute approximate surface area is 121 Å². The molecule has 2 heterocycles. The fourth-order valence-corrected chi connectivity index (χ4v) is 2.87. The lowest BCUT2D eigenvalue weighted by Gasteiger charge is -2.05. The van der Waals surface area contributed by atoms with E-state index in [1.54, 1.807) is 0 Å². The van der Waals surface area contributed by atoms with Crippen molar-refractivity contribution >= 4 is 17.9 Å². The van der Waals surface area contributed by atoms with Crippen molar-refractivity contribution in [2.45, 2.75) is 27.2 Å². The summed E-state index contributed by atoms with van der Waals surface area (Å²) in [7, 11) is 4.09. The van der Waals surface area contributed by atoms with Crippen LogP contribution in [0.15, 0.2) is 18.3 Å². The third-order valence-electron chi connectivity index (χ3n) is 3.92. The van der Waals surface area contributed by atoms with E-state index in [1.165, 1.54) is 22.5 Å². The molecule has 20 heavy (non-hydrogen) atoms. The minimum Gasteiger partial charge on any atom is -0.351 e. The Morgan fingerprint density at radius 2 is 2.00 bits per heavy atom. The van der Waals surface area contributed by atoms with Gasteiger partial charge in [0, 0.05) is 31.7 Å². The van der Waals surface area contributed by atoms with E-state index >= 15 is 0 Å². The molecule has 0 bridgehead atoms. The molecule has 3 heteroatoms. The molecule has 0 aliphatic carbocycles. The van der Waals surface area contributed by atoms with Crippen LogP contribution in [0.1, 0.15) is 42.1 Å². The second-order valence-corrected chi connectivity index (χ2v) is 5.25. The maximum atomic E-state index is 7.99. The van der Waals surface area contributed by atoms with Crippen molar-refractivity contribution in [3.8, 4) is 0 Å². The van der Waals surface area contributed by atoms with Gasteiger partial charge in [0.25, 0.3) is 0 Å². The first-order valence-corrected chi connectivity index (χ1v) is 7.00. The Morgan fingerprint density at radius 3 is 2.45 bits per heavy atom. The Balaban J connectivity index is 2.50. The van der Waals surface area contributed by atoms with Crippen LogP contribution in [0, 0.1) is 12.3 Å². The Hall–Kier alpha value is -2.03. The smallest absolute Gasteiger partial charge is 0.0652 e. The molecule has 106 valence electrons. The second kappa shape index (κ2) is 5.53. The second-order valence-electron chi connectivity index (χ2n) is 5.25. The molecule has 1 N–H and O–H groups in total. The Morgan fingerprint density at radius 1 is 1.30 bits per heavy atom. The molecule has 0 spiro atoms. The number of hydrogen-bond donors (Lipinski definition) is 1. The van der Waals surface area contributed by atoms with Gasteiger partial charge in [0.15, 0.2) is 0 Å². The van der Waals surface area contributed by atoms with Gasteiger partial charge >= 0.3 is 0 Å². The van der Waals surface area contributed by atoms with Gasteiger partial charge in [-0.1, -0.05) is 6.92 Å². The first kappa shape index (κ1) is 14.4. The van der Waals surface area contributed by atoms with E-state index in [-0.39, 0.29) is 0 Å². The van der Waals surface area contributed by atoms with Gasteiger partial charge in [-0.2, -0.15) is 0 Å². The number of aryl methyl sites for hydroxylation is 1. The zero-order chi connectivity index (χ0) is 14.9. The van der Waals surface area contributed by atoms with Gasteiger partial charge in [-0.05, 0) is 55.7 Å². The van der Waals surface area contributed by atoms with Gasteiger partial charge in [-0.25, -0.2) is 0 Å². The highest BCUT2D eigenvalue weighted by atomic mass is 15.0. The molecule has 3 nitrogen and oxygen atoms in total. The van der Waals surface area contributed by atoms with Gasteiger partial charge in [0.2, 0.25) is 0 Å². The molecule has 0 saturated heterocycles. The van der Waals surface area contributed by atoms with E-state index in [1.807, 2.05) is 33.3 Å². The lowest BCUT2D eigenvalue weighted by atomic mass is 10.1. The maximum Gasteiger partial charge on any atom is 0.0652 e. The zero-order valence-electron chi connectivity index (χ0n) is 13.0. The van der Waals surface area contributed by atoms with Crippen molar-refractivity contribution in [1.82, 2.24) is 9.13 Å². The van der Waals surface area contributed by atoms with Gasteiger partial charge < -0.3 is 14.5 Å². The van der Waals surface area contributed by atoms with E-state index < -0.39 is 0 Å². The average molecular weight is 269 g/mol. The van der Waals surface area contributed by atoms with Crippen molar-refractivity contribution in [2.75, 3.05) is 0 Å². The summed E-state index contributed by atoms with van der Waals surface area (Å²) < 4.78 is 4.23. The lowest BCUT2D eigenvalue weighted by Crippen LogP contribution is -2.05. The van der Waals surface area contributed by atoms with Crippen molar-refractivity contribution in [1.29, 1.82) is 5.41 Å². The summed E-state index contributed by atoms with van der Waals surface area (Å²) in [6.45, 7) is 6.16. The van der Waals surface area contributed by atoms with Crippen LogP contribution in [-0.4, -0.2) is 14.8 Å². The number of nitrogens with one attached hydrogen (secondary N) is 1. The Bertz CT molecular complexity index is 669. The molecule has 0 atom stereocenters. The largest absolute Gasteiger partial charge is 0.351 e. The molecule has 2 aromatic heterocycles. The molecule has 0 aliphatic heterocycles. The van der Waals surface area contributed by atoms with Crippen LogP contribution in [0.4, 0.5) is 0 Å². The number of aromatic nitrogens is 2. The molecule has 0 amide bonds. The lowest BCUT2D eigenvalue weighted by molar-refractivity contribution is 0.889. The van der Waals surface area contributed by atoms with Crippen molar-refractivity contribution < 1.29 is 0 Å². The zero-order valence-corrected chi connectivity index (χ0v) is 13.0. The summed E-state index contributed by atoms with van der Waals surface area (Å²) in [4.78, 5) is 0. The van der Waals surface area contributed by atoms with Crippen LogP contribution in [0.2, 0.25) is 0 Å². The van der Waals surface area contributed by atoms with E-state index in [0.717, 1.165) is 12.1 Å². The molecule has 2 rings (SSSR count). The van der Waals surface area contributed by atoms with Crippen LogP contribution in [0.5, 0.6) is 0 Å². The van der Waals surface area contributed by atoms with Crippen LogP contribution in [-0.2, 0) is 20.5 Å². The van der Waals surface area contributed by atoms with Crippen molar-refractivity contribution in [2.24, 2.45) is 14.1 Å². The minimum atomic E-state index is 0.631. The molecule has 0 aromatic carbocycles. The van der Waals surface area contributed by atoms with E-state index in [4.69, 9.17) is 5.41 Å². The molecule has 0 saturated carbocycles. The average Bonchev–Trinajstić information content (AvgIpc) is 2.89. The quantitative estimate of drug-likeness (QED) is 0.819. The van der Waals surface area contributed by atoms with Crippen LogP contribution < -0.4 is 0 Å². The summed E-state index contributed by atoms with van der Waals surface area (Å²) in [6.07, 6.45) is 7.28. The fraction of sp³-hybridized carbons (Fsp3) is 0.353. The normalized spacial score (nSPS) is 11.4. The first-order valence-electron chi connectivity index (χ1n) is 7.00. The van der Waals surface area contributed by atoms with Crippen LogP contribution in [0.3, 0.4) is 0 Å². The van der Waals surface area contributed by atoms with Gasteiger partial charge in [-0.15, -0.1) is 0 Å². The summed E-state index contributed by atoms with van der Waals surface area (Å²) in [6, 6.07) is 4.14. The topological polar surface area (TPSA) is 33.7 Å². The highest BCUT2D eigenvalue weighted by molar-refractivity contribution is 5.97. The fourth-order valence-electron chi connectivity index (χ4n) is 2.87. The first-order chi connectivity index (χ1) is 9.47. The summed E-state index contributed by atoms with van der Waals surface area (Å²) >= 11 is 0. The third-order valence-corrected chi connectivity index (χ3v) is 3.92. The molecule has 0 unspecified atom stereocenters. The number of hydrogen-bond acceptors (Lipinski definition) is 1.